The van der Waals surface area contributed by atoms with Crippen LogP contribution in [-0.4, -0.2) is 24.1 Å². The lowest BCUT2D eigenvalue weighted by molar-refractivity contribution is -0.119. The number of rotatable bonds is 4. The summed E-state index contributed by atoms with van der Waals surface area (Å²) in [5.41, 5.74) is 6.13. The van der Waals surface area contributed by atoms with E-state index in [1.165, 1.54) is 0 Å². The number of nitrogens with one attached hydrogen (secondary N) is 1. The van der Waals surface area contributed by atoms with E-state index in [9.17, 15) is 4.79 Å². The van der Waals surface area contributed by atoms with Crippen LogP contribution in [0.3, 0.4) is 0 Å². The lowest BCUT2D eigenvalue weighted by Crippen LogP contribution is -2.40. The zero-order valence-electron chi connectivity index (χ0n) is 8.03. The maximum atomic E-state index is 10.9. The van der Waals surface area contributed by atoms with E-state index in [2.05, 4.69) is 5.32 Å². The molecule has 0 fully saturated rings. The second kappa shape index (κ2) is 4.62. The molecule has 1 unspecified atom stereocenters. The van der Waals surface area contributed by atoms with Gasteiger partial charge < -0.3 is 16.2 Å². The van der Waals surface area contributed by atoms with Crippen LogP contribution in [0.1, 0.15) is 5.56 Å². The minimum absolute atomic E-state index is 0.217. The van der Waals surface area contributed by atoms with Crippen LogP contribution in [0.15, 0.2) is 24.3 Å². The van der Waals surface area contributed by atoms with Gasteiger partial charge in [0, 0.05) is 0 Å². The second-order valence-electron chi connectivity index (χ2n) is 3.11. The van der Waals surface area contributed by atoms with E-state index in [4.69, 9.17) is 10.8 Å². The molecule has 0 radical (unpaired) electrons. The van der Waals surface area contributed by atoms with Gasteiger partial charge in [-0.3, -0.25) is 4.79 Å². The Balaban J connectivity index is 2.67. The van der Waals surface area contributed by atoms with Gasteiger partial charge in [0.05, 0.1) is 6.04 Å². The fourth-order valence-corrected chi connectivity index (χ4v) is 1.21. The molecule has 0 bridgehead atoms. The van der Waals surface area contributed by atoms with Gasteiger partial charge in [-0.05, 0) is 31.2 Å². The van der Waals surface area contributed by atoms with E-state index in [0.717, 1.165) is 5.56 Å². The number of nitrogens with two attached hydrogens (primary N) is 1. The van der Waals surface area contributed by atoms with E-state index in [0.29, 0.717) is 6.42 Å². The average Bonchev–Trinajstić information content (AvgIpc) is 2.16. The third-order valence-corrected chi connectivity index (χ3v) is 2.07. The van der Waals surface area contributed by atoms with Gasteiger partial charge in [-0.15, -0.1) is 0 Å². The monoisotopic (exact) mass is 194 g/mol. The molecule has 1 atom stereocenters. The van der Waals surface area contributed by atoms with Crippen LogP contribution < -0.4 is 11.1 Å². The first-order valence-corrected chi connectivity index (χ1v) is 4.38. The molecular weight excluding hydrogens is 180 g/mol. The highest BCUT2D eigenvalue weighted by atomic mass is 16.3. The van der Waals surface area contributed by atoms with Crippen molar-refractivity contribution in [2.45, 2.75) is 12.5 Å². The molecule has 0 aliphatic heterocycles. The van der Waals surface area contributed by atoms with Crippen molar-refractivity contribution in [3.8, 4) is 5.75 Å². The Kier molecular flexibility index (Phi) is 3.48. The van der Waals surface area contributed by atoms with Crippen LogP contribution in [0.25, 0.3) is 0 Å². The number of carbonyl (C=O) groups is 1. The molecule has 76 valence electrons. The zero-order valence-corrected chi connectivity index (χ0v) is 8.03. The van der Waals surface area contributed by atoms with Crippen molar-refractivity contribution in [1.82, 2.24) is 5.32 Å². The van der Waals surface area contributed by atoms with Crippen molar-refractivity contribution in [1.29, 1.82) is 0 Å². The van der Waals surface area contributed by atoms with E-state index in [1.54, 1.807) is 31.3 Å². The summed E-state index contributed by atoms with van der Waals surface area (Å²) in [5, 5.41) is 11.9. The van der Waals surface area contributed by atoms with Crippen molar-refractivity contribution in [3.63, 3.8) is 0 Å². The van der Waals surface area contributed by atoms with E-state index in [1.807, 2.05) is 0 Å². The second-order valence-corrected chi connectivity index (χ2v) is 3.11. The molecule has 1 aromatic carbocycles. The van der Waals surface area contributed by atoms with Crippen molar-refractivity contribution >= 4 is 5.91 Å². The Bertz CT molecular complexity index is 308. The summed E-state index contributed by atoms with van der Waals surface area (Å²) in [7, 11) is 1.69. The predicted molar refractivity (Wildman–Crippen MR) is 53.9 cm³/mol. The molecule has 4 heteroatoms. The lowest BCUT2D eigenvalue weighted by atomic mass is 10.1. The number of phenols is 1. The number of hydrogen-bond donors (Lipinski definition) is 3. The molecule has 0 aliphatic carbocycles. The van der Waals surface area contributed by atoms with Gasteiger partial charge in [0.2, 0.25) is 5.91 Å². The molecule has 0 saturated carbocycles. The highest BCUT2D eigenvalue weighted by Gasteiger charge is 2.12. The average molecular weight is 194 g/mol. The summed E-state index contributed by atoms with van der Waals surface area (Å²) in [6, 6.07) is 6.34. The molecular formula is C10H14N2O2. The Labute approximate surface area is 82.7 Å². The van der Waals surface area contributed by atoms with Gasteiger partial charge in [0.1, 0.15) is 5.75 Å². The first-order valence-electron chi connectivity index (χ1n) is 4.38. The first kappa shape index (κ1) is 10.5. The zero-order chi connectivity index (χ0) is 10.6. The van der Waals surface area contributed by atoms with Crippen molar-refractivity contribution < 1.29 is 9.90 Å². The number of likely N-dealkylation sites (N-methyl/N-ethyl adjacent to an activating group) is 1. The standard InChI is InChI=1S/C10H14N2O2/c1-12-9(10(11)14)6-7-2-4-8(13)5-3-7/h2-5,9,12-13H,6H2,1H3,(H2,11,14). The molecule has 0 aliphatic rings. The summed E-state index contributed by atoms with van der Waals surface area (Å²) in [4.78, 5) is 10.9. The minimum atomic E-state index is -0.374. The van der Waals surface area contributed by atoms with Crippen LogP contribution >= 0.6 is 0 Å². The lowest BCUT2D eigenvalue weighted by Gasteiger charge is -2.11. The number of phenolic OH excluding ortho intramolecular Hbond substituents is 1. The number of primary amides is 1. The first-order chi connectivity index (χ1) is 6.63. The molecule has 4 nitrogen and oxygen atoms in total. The van der Waals surface area contributed by atoms with Crippen LogP contribution in [0.4, 0.5) is 0 Å². The normalized spacial score (nSPS) is 12.4. The Morgan fingerprint density at radius 1 is 1.50 bits per heavy atom. The highest BCUT2D eigenvalue weighted by molar-refractivity contribution is 5.80. The number of amides is 1. The molecule has 4 N–H and O–H groups in total. The van der Waals surface area contributed by atoms with Crippen LogP contribution in [-0.2, 0) is 11.2 Å². The minimum Gasteiger partial charge on any atom is -0.508 e. The van der Waals surface area contributed by atoms with E-state index in [-0.39, 0.29) is 17.7 Å². The number of hydrogen-bond acceptors (Lipinski definition) is 3. The fraction of sp³-hybridized carbons (Fsp3) is 0.300. The van der Waals surface area contributed by atoms with Gasteiger partial charge in [0.25, 0.3) is 0 Å². The Morgan fingerprint density at radius 2 is 2.07 bits per heavy atom. The molecule has 1 rings (SSSR count). The van der Waals surface area contributed by atoms with Gasteiger partial charge in [-0.25, -0.2) is 0 Å². The maximum absolute atomic E-state index is 10.9. The number of carbonyl (C=O) groups excluding carboxylic acids is 1. The SMILES string of the molecule is CNC(Cc1ccc(O)cc1)C(N)=O. The molecule has 0 saturated heterocycles. The summed E-state index contributed by atoms with van der Waals surface area (Å²) in [6.07, 6.45) is 0.534. The largest absolute Gasteiger partial charge is 0.508 e. The van der Waals surface area contributed by atoms with Crippen molar-refractivity contribution in [2.24, 2.45) is 5.73 Å². The molecule has 0 heterocycles. The highest BCUT2D eigenvalue weighted by Crippen LogP contribution is 2.10. The summed E-state index contributed by atoms with van der Waals surface area (Å²) in [6.45, 7) is 0. The summed E-state index contributed by atoms with van der Waals surface area (Å²) in [5.74, 6) is -0.158. The third-order valence-electron chi connectivity index (χ3n) is 2.07. The Hall–Kier alpha value is -1.55. The van der Waals surface area contributed by atoms with Crippen LogP contribution in [0.2, 0.25) is 0 Å². The van der Waals surface area contributed by atoms with Crippen molar-refractivity contribution in [2.75, 3.05) is 7.05 Å². The molecule has 1 aromatic rings. The Morgan fingerprint density at radius 3 is 2.50 bits per heavy atom. The fourth-order valence-electron chi connectivity index (χ4n) is 1.21. The molecule has 0 spiro atoms. The number of aromatic hydroxyl groups is 1. The molecule has 1 amide bonds. The molecule has 0 aromatic heterocycles. The summed E-state index contributed by atoms with van der Waals surface area (Å²) < 4.78 is 0. The van der Waals surface area contributed by atoms with Gasteiger partial charge in [-0.1, -0.05) is 12.1 Å². The van der Waals surface area contributed by atoms with Gasteiger partial charge >= 0.3 is 0 Å². The summed E-state index contributed by atoms with van der Waals surface area (Å²) >= 11 is 0. The van der Waals surface area contributed by atoms with Gasteiger partial charge in [-0.2, -0.15) is 0 Å². The molecule has 14 heavy (non-hydrogen) atoms. The topological polar surface area (TPSA) is 75.3 Å². The predicted octanol–water partition coefficient (Wildman–Crippen LogP) is 0.00800. The maximum Gasteiger partial charge on any atom is 0.234 e. The smallest absolute Gasteiger partial charge is 0.234 e. The number of benzene rings is 1. The third kappa shape index (κ3) is 2.74. The van der Waals surface area contributed by atoms with E-state index >= 15 is 0 Å². The van der Waals surface area contributed by atoms with Crippen molar-refractivity contribution in [3.05, 3.63) is 29.8 Å². The van der Waals surface area contributed by atoms with Gasteiger partial charge in [0.15, 0.2) is 0 Å². The van der Waals surface area contributed by atoms with Crippen LogP contribution in [0, 0.1) is 0 Å². The quantitative estimate of drug-likeness (QED) is 0.632. The van der Waals surface area contributed by atoms with E-state index < -0.39 is 0 Å². The van der Waals surface area contributed by atoms with Crippen LogP contribution in [0.5, 0.6) is 5.75 Å².